The predicted octanol–water partition coefficient (Wildman–Crippen LogP) is 0.862. The Balaban J connectivity index is 2.94. The van der Waals surface area contributed by atoms with Gasteiger partial charge in [0, 0.05) is 13.6 Å². The minimum absolute atomic E-state index is 0.169. The summed E-state index contributed by atoms with van der Waals surface area (Å²) in [5, 5.41) is 3.47. The molecule has 1 rings (SSSR count). The molecule has 1 aromatic heterocycles. The summed E-state index contributed by atoms with van der Waals surface area (Å²) in [6.07, 6.45) is 5.19. The standard InChI is InChI=1S/C10H14N4OS/c1-4-6-14(5-2)9(15)7-8(11)13-10(12-3)16-7/h1H,5-6,11H2,2-3H3,(H,12,13). The molecule has 0 fully saturated rings. The average Bonchev–Trinajstić information content (AvgIpc) is 2.66. The monoisotopic (exact) mass is 238 g/mol. The van der Waals surface area contributed by atoms with E-state index in [2.05, 4.69) is 16.2 Å². The number of nitrogens with zero attached hydrogens (tertiary/aromatic N) is 2. The number of carbonyl (C=O) groups is 1. The number of rotatable bonds is 4. The fraction of sp³-hybridized carbons (Fsp3) is 0.400. The van der Waals surface area contributed by atoms with Gasteiger partial charge in [-0.15, -0.1) is 6.42 Å². The van der Waals surface area contributed by atoms with Crippen molar-refractivity contribution in [3.8, 4) is 12.3 Å². The van der Waals surface area contributed by atoms with Crippen LogP contribution in [0.5, 0.6) is 0 Å². The van der Waals surface area contributed by atoms with E-state index in [1.165, 1.54) is 11.3 Å². The Morgan fingerprint density at radius 3 is 2.88 bits per heavy atom. The fourth-order valence-electron chi connectivity index (χ4n) is 1.17. The maximum absolute atomic E-state index is 12.0. The van der Waals surface area contributed by atoms with E-state index in [9.17, 15) is 4.79 Å². The summed E-state index contributed by atoms with van der Waals surface area (Å²) < 4.78 is 0. The number of nitrogens with two attached hydrogens (primary N) is 1. The molecule has 0 aliphatic heterocycles. The summed E-state index contributed by atoms with van der Waals surface area (Å²) in [7, 11) is 1.73. The van der Waals surface area contributed by atoms with Crippen LogP contribution >= 0.6 is 11.3 Å². The molecular weight excluding hydrogens is 224 g/mol. The van der Waals surface area contributed by atoms with Gasteiger partial charge in [-0.1, -0.05) is 17.3 Å². The molecule has 16 heavy (non-hydrogen) atoms. The van der Waals surface area contributed by atoms with Crippen molar-refractivity contribution in [1.29, 1.82) is 0 Å². The Morgan fingerprint density at radius 2 is 2.44 bits per heavy atom. The molecule has 1 heterocycles. The zero-order valence-corrected chi connectivity index (χ0v) is 10.1. The molecule has 0 radical (unpaired) electrons. The van der Waals surface area contributed by atoms with E-state index in [0.29, 0.717) is 16.6 Å². The zero-order chi connectivity index (χ0) is 12.1. The van der Waals surface area contributed by atoms with Gasteiger partial charge in [0.2, 0.25) is 0 Å². The second kappa shape index (κ2) is 5.37. The van der Waals surface area contributed by atoms with Crippen LogP contribution in [0, 0.1) is 12.3 Å². The van der Waals surface area contributed by atoms with Crippen molar-refractivity contribution < 1.29 is 4.79 Å². The van der Waals surface area contributed by atoms with Crippen molar-refractivity contribution in [1.82, 2.24) is 9.88 Å². The second-order valence-corrected chi connectivity index (χ2v) is 4.01. The first-order valence-electron chi connectivity index (χ1n) is 4.80. The Morgan fingerprint density at radius 1 is 1.75 bits per heavy atom. The van der Waals surface area contributed by atoms with E-state index >= 15 is 0 Å². The molecule has 0 aromatic carbocycles. The third-order valence-electron chi connectivity index (χ3n) is 2.01. The lowest BCUT2D eigenvalue weighted by Gasteiger charge is -2.16. The quantitative estimate of drug-likeness (QED) is 0.763. The van der Waals surface area contributed by atoms with E-state index in [1.807, 2.05) is 6.92 Å². The molecule has 0 bridgehead atoms. The van der Waals surface area contributed by atoms with Crippen molar-refractivity contribution in [2.24, 2.45) is 0 Å². The van der Waals surface area contributed by atoms with Crippen LogP contribution in [-0.4, -0.2) is 35.9 Å². The molecule has 1 aromatic rings. The molecule has 0 spiro atoms. The van der Waals surface area contributed by atoms with Gasteiger partial charge in [0.15, 0.2) is 5.13 Å². The number of carbonyl (C=O) groups excluding carboxylic acids is 1. The third-order valence-corrected chi connectivity index (χ3v) is 3.09. The first kappa shape index (κ1) is 12.3. The van der Waals surface area contributed by atoms with Crippen molar-refractivity contribution in [3.05, 3.63) is 4.88 Å². The third kappa shape index (κ3) is 2.44. The van der Waals surface area contributed by atoms with Gasteiger partial charge in [-0.3, -0.25) is 4.79 Å². The minimum Gasteiger partial charge on any atom is -0.382 e. The fourth-order valence-corrected chi connectivity index (χ4v) is 1.98. The number of thiazole rings is 1. The Labute approximate surface area is 98.7 Å². The van der Waals surface area contributed by atoms with E-state index in [1.54, 1.807) is 11.9 Å². The molecule has 0 atom stereocenters. The zero-order valence-electron chi connectivity index (χ0n) is 9.28. The molecule has 1 amide bonds. The summed E-state index contributed by atoms with van der Waals surface area (Å²) in [5.74, 6) is 2.52. The summed E-state index contributed by atoms with van der Waals surface area (Å²) in [4.78, 5) is 18.0. The lowest BCUT2D eigenvalue weighted by Crippen LogP contribution is -2.31. The SMILES string of the molecule is C#CCN(CC)C(=O)c1sc(NC)nc1N. The number of anilines is 2. The summed E-state index contributed by atoms with van der Waals surface area (Å²) >= 11 is 1.23. The van der Waals surface area contributed by atoms with Crippen molar-refractivity contribution in [2.75, 3.05) is 31.2 Å². The van der Waals surface area contributed by atoms with E-state index < -0.39 is 0 Å². The van der Waals surface area contributed by atoms with Crippen LogP contribution in [0.3, 0.4) is 0 Å². The van der Waals surface area contributed by atoms with Gasteiger partial charge < -0.3 is 16.0 Å². The van der Waals surface area contributed by atoms with Crippen LogP contribution in [0.25, 0.3) is 0 Å². The number of nitrogen functional groups attached to an aromatic ring is 1. The molecule has 0 aliphatic rings. The minimum atomic E-state index is -0.169. The molecule has 0 saturated heterocycles. The first-order valence-corrected chi connectivity index (χ1v) is 5.62. The second-order valence-electron chi connectivity index (χ2n) is 3.01. The highest BCUT2D eigenvalue weighted by atomic mass is 32.1. The van der Waals surface area contributed by atoms with Gasteiger partial charge in [-0.25, -0.2) is 4.98 Å². The number of terminal acetylenes is 1. The van der Waals surface area contributed by atoms with Gasteiger partial charge in [0.05, 0.1) is 6.54 Å². The number of hydrogen-bond acceptors (Lipinski definition) is 5. The smallest absolute Gasteiger partial charge is 0.268 e. The molecule has 5 nitrogen and oxygen atoms in total. The van der Waals surface area contributed by atoms with Crippen LogP contribution in [0.4, 0.5) is 10.9 Å². The number of hydrogen-bond donors (Lipinski definition) is 2. The number of amides is 1. The lowest BCUT2D eigenvalue weighted by atomic mass is 10.4. The molecule has 0 saturated carbocycles. The van der Waals surface area contributed by atoms with Gasteiger partial charge in [0.1, 0.15) is 10.7 Å². The molecule has 0 unspecified atom stereocenters. The highest BCUT2D eigenvalue weighted by Crippen LogP contribution is 2.25. The van der Waals surface area contributed by atoms with Crippen LogP contribution in [0.1, 0.15) is 16.6 Å². The topological polar surface area (TPSA) is 71.2 Å². The maximum atomic E-state index is 12.0. The predicted molar refractivity (Wildman–Crippen MR) is 66.5 cm³/mol. The number of nitrogens with one attached hydrogen (secondary N) is 1. The highest BCUT2D eigenvalue weighted by molar-refractivity contribution is 7.18. The number of aromatic nitrogens is 1. The lowest BCUT2D eigenvalue weighted by molar-refractivity contribution is 0.0790. The summed E-state index contributed by atoms with van der Waals surface area (Å²) in [6.45, 7) is 2.70. The highest BCUT2D eigenvalue weighted by Gasteiger charge is 2.20. The van der Waals surface area contributed by atoms with Gasteiger partial charge >= 0.3 is 0 Å². The Hall–Kier alpha value is -1.74. The molecule has 6 heteroatoms. The van der Waals surface area contributed by atoms with Crippen LogP contribution in [0.2, 0.25) is 0 Å². The molecule has 0 aliphatic carbocycles. The van der Waals surface area contributed by atoms with Crippen LogP contribution in [0.15, 0.2) is 0 Å². The largest absolute Gasteiger partial charge is 0.382 e. The van der Waals surface area contributed by atoms with E-state index in [4.69, 9.17) is 12.2 Å². The van der Waals surface area contributed by atoms with Crippen LogP contribution < -0.4 is 11.1 Å². The van der Waals surface area contributed by atoms with E-state index in [0.717, 1.165) is 0 Å². The van der Waals surface area contributed by atoms with Crippen molar-refractivity contribution in [2.45, 2.75) is 6.92 Å². The first-order chi connectivity index (χ1) is 7.63. The Bertz CT molecular complexity index is 421. The van der Waals surface area contributed by atoms with E-state index in [-0.39, 0.29) is 18.3 Å². The summed E-state index contributed by atoms with van der Waals surface area (Å²) in [5.41, 5.74) is 5.67. The van der Waals surface area contributed by atoms with Gasteiger partial charge in [-0.05, 0) is 6.92 Å². The normalized spacial score (nSPS) is 9.56. The van der Waals surface area contributed by atoms with Crippen LogP contribution in [-0.2, 0) is 0 Å². The molecule has 3 N–H and O–H groups in total. The average molecular weight is 238 g/mol. The Kier molecular flexibility index (Phi) is 4.14. The van der Waals surface area contributed by atoms with Gasteiger partial charge in [0.25, 0.3) is 5.91 Å². The van der Waals surface area contributed by atoms with Crippen molar-refractivity contribution in [3.63, 3.8) is 0 Å². The molecular formula is C10H14N4OS. The maximum Gasteiger partial charge on any atom is 0.268 e. The van der Waals surface area contributed by atoms with Gasteiger partial charge in [-0.2, -0.15) is 0 Å². The van der Waals surface area contributed by atoms with Crippen molar-refractivity contribution >= 4 is 28.2 Å². The molecule has 86 valence electrons. The summed E-state index contributed by atoms with van der Waals surface area (Å²) in [6, 6.07) is 0.